The fourth-order valence-electron chi connectivity index (χ4n) is 2.56. The van der Waals surface area contributed by atoms with E-state index in [1.165, 1.54) is 11.1 Å². The highest BCUT2D eigenvalue weighted by Crippen LogP contribution is 2.31. The predicted octanol–water partition coefficient (Wildman–Crippen LogP) is 3.56. The quantitative estimate of drug-likeness (QED) is 0.879. The summed E-state index contributed by atoms with van der Waals surface area (Å²) in [7, 11) is 0. The molecular weight excluding hydrogens is 220 g/mol. The first-order chi connectivity index (χ1) is 8.63. The molecule has 0 bridgehead atoms. The van der Waals surface area contributed by atoms with Crippen LogP contribution in [0, 0.1) is 24.2 Å². The van der Waals surface area contributed by atoms with Crippen molar-refractivity contribution in [2.75, 3.05) is 0 Å². The van der Waals surface area contributed by atoms with Crippen molar-refractivity contribution in [3.63, 3.8) is 0 Å². The van der Waals surface area contributed by atoms with E-state index in [0.29, 0.717) is 0 Å². The minimum Gasteiger partial charge on any atom is -0.295 e. The summed E-state index contributed by atoms with van der Waals surface area (Å²) in [6, 6.07) is 11.0. The number of hydrogen-bond acceptors (Lipinski definition) is 2. The van der Waals surface area contributed by atoms with Crippen LogP contribution in [0.3, 0.4) is 0 Å². The molecule has 0 aliphatic heterocycles. The molecule has 0 radical (unpaired) electrons. The van der Waals surface area contributed by atoms with Gasteiger partial charge in [-0.3, -0.25) is 5.32 Å². The van der Waals surface area contributed by atoms with E-state index in [9.17, 15) is 5.26 Å². The maximum Gasteiger partial charge on any atom is 0.107 e. The molecular formula is C16H22N2. The Kier molecular flexibility index (Phi) is 4.04. The van der Waals surface area contributed by atoms with E-state index in [1.807, 2.05) is 0 Å². The van der Waals surface area contributed by atoms with E-state index in [-0.39, 0.29) is 5.54 Å². The largest absolute Gasteiger partial charge is 0.295 e. The highest BCUT2D eigenvalue weighted by Gasteiger charge is 2.33. The van der Waals surface area contributed by atoms with Gasteiger partial charge in [0.1, 0.15) is 5.54 Å². The van der Waals surface area contributed by atoms with Crippen molar-refractivity contribution in [3.8, 4) is 6.07 Å². The van der Waals surface area contributed by atoms with Crippen LogP contribution in [0.2, 0.25) is 0 Å². The molecule has 0 amide bonds. The van der Waals surface area contributed by atoms with E-state index in [0.717, 1.165) is 38.1 Å². The lowest BCUT2D eigenvalue weighted by molar-refractivity contribution is 0.248. The van der Waals surface area contributed by atoms with E-state index < -0.39 is 0 Å². The van der Waals surface area contributed by atoms with Gasteiger partial charge in [0.2, 0.25) is 0 Å². The van der Waals surface area contributed by atoms with E-state index in [4.69, 9.17) is 0 Å². The summed E-state index contributed by atoms with van der Waals surface area (Å²) in [6.45, 7) is 5.17. The second kappa shape index (κ2) is 5.54. The Morgan fingerprint density at radius 2 is 1.89 bits per heavy atom. The molecule has 1 N–H and O–H groups in total. The smallest absolute Gasteiger partial charge is 0.107 e. The molecule has 96 valence electrons. The number of nitrogens with one attached hydrogen (secondary N) is 1. The highest BCUT2D eigenvalue weighted by molar-refractivity contribution is 5.22. The summed E-state index contributed by atoms with van der Waals surface area (Å²) < 4.78 is 0. The van der Waals surface area contributed by atoms with Crippen LogP contribution in [-0.2, 0) is 6.54 Å². The van der Waals surface area contributed by atoms with Gasteiger partial charge in [-0.25, -0.2) is 0 Å². The molecule has 2 heteroatoms. The third-order valence-corrected chi connectivity index (χ3v) is 4.09. The van der Waals surface area contributed by atoms with Gasteiger partial charge in [0.15, 0.2) is 0 Å². The summed E-state index contributed by atoms with van der Waals surface area (Å²) in [5.74, 6) is 0.771. The van der Waals surface area contributed by atoms with E-state index in [1.54, 1.807) is 0 Å². The maximum absolute atomic E-state index is 9.44. The first kappa shape index (κ1) is 13.1. The Hall–Kier alpha value is -1.33. The van der Waals surface area contributed by atoms with E-state index in [2.05, 4.69) is 49.5 Å². The number of aryl methyl sites for hydroxylation is 1. The molecule has 1 aromatic carbocycles. The van der Waals surface area contributed by atoms with Crippen molar-refractivity contribution in [2.45, 2.75) is 51.6 Å². The molecule has 18 heavy (non-hydrogen) atoms. The average molecular weight is 242 g/mol. The Balaban J connectivity index is 1.95. The summed E-state index contributed by atoms with van der Waals surface area (Å²) in [6.07, 6.45) is 4.29. The molecule has 0 spiro atoms. The van der Waals surface area contributed by atoms with Gasteiger partial charge in [-0.05, 0) is 44.1 Å². The lowest BCUT2D eigenvalue weighted by atomic mass is 9.78. The molecule has 0 saturated heterocycles. The van der Waals surface area contributed by atoms with Crippen molar-refractivity contribution in [3.05, 3.63) is 35.4 Å². The van der Waals surface area contributed by atoms with Gasteiger partial charge < -0.3 is 0 Å². The Morgan fingerprint density at radius 3 is 2.44 bits per heavy atom. The van der Waals surface area contributed by atoms with Crippen LogP contribution in [0.5, 0.6) is 0 Å². The fourth-order valence-corrected chi connectivity index (χ4v) is 2.56. The normalized spacial score (nSPS) is 27.7. The Bertz CT molecular complexity index is 419. The predicted molar refractivity (Wildman–Crippen MR) is 74.0 cm³/mol. The van der Waals surface area contributed by atoms with E-state index >= 15 is 0 Å². The molecule has 2 rings (SSSR count). The molecule has 2 nitrogen and oxygen atoms in total. The van der Waals surface area contributed by atoms with Crippen LogP contribution in [-0.4, -0.2) is 5.54 Å². The van der Waals surface area contributed by atoms with Crippen molar-refractivity contribution in [1.29, 1.82) is 5.26 Å². The number of hydrogen-bond donors (Lipinski definition) is 1. The SMILES string of the molecule is Cc1ccc(CNC2(C#N)CCC(C)CC2)cc1. The van der Waals surface area contributed by atoms with Crippen molar-refractivity contribution >= 4 is 0 Å². The molecule has 1 fully saturated rings. The topological polar surface area (TPSA) is 35.8 Å². The van der Waals surface area contributed by atoms with Gasteiger partial charge in [0, 0.05) is 6.54 Å². The number of nitriles is 1. The van der Waals surface area contributed by atoms with Crippen molar-refractivity contribution < 1.29 is 0 Å². The monoisotopic (exact) mass is 242 g/mol. The zero-order chi connectivity index (χ0) is 13.0. The summed E-state index contributed by atoms with van der Waals surface area (Å²) >= 11 is 0. The Morgan fingerprint density at radius 1 is 1.28 bits per heavy atom. The van der Waals surface area contributed by atoms with Crippen LogP contribution in [0.1, 0.15) is 43.7 Å². The molecule has 0 aromatic heterocycles. The summed E-state index contributed by atoms with van der Waals surface area (Å²) in [4.78, 5) is 0. The molecule has 0 heterocycles. The highest BCUT2D eigenvalue weighted by atomic mass is 15.0. The lowest BCUT2D eigenvalue weighted by Gasteiger charge is -2.34. The van der Waals surface area contributed by atoms with Crippen LogP contribution in [0.25, 0.3) is 0 Å². The molecule has 0 unspecified atom stereocenters. The summed E-state index contributed by atoms with van der Waals surface area (Å²) in [5.41, 5.74) is 2.24. The maximum atomic E-state index is 9.44. The molecule has 1 aromatic rings. The Labute approximate surface area is 110 Å². The lowest BCUT2D eigenvalue weighted by Crippen LogP contribution is -2.46. The van der Waals surface area contributed by atoms with Gasteiger partial charge >= 0.3 is 0 Å². The second-order valence-corrected chi connectivity index (χ2v) is 5.72. The van der Waals surface area contributed by atoms with Crippen LogP contribution in [0.15, 0.2) is 24.3 Å². The van der Waals surface area contributed by atoms with Gasteiger partial charge in [0.05, 0.1) is 6.07 Å². The van der Waals surface area contributed by atoms with Crippen LogP contribution < -0.4 is 5.32 Å². The number of nitrogens with zero attached hydrogens (tertiary/aromatic N) is 1. The molecule has 1 saturated carbocycles. The molecule has 1 aliphatic carbocycles. The van der Waals surface area contributed by atoms with Gasteiger partial charge in [-0.15, -0.1) is 0 Å². The first-order valence-corrected chi connectivity index (χ1v) is 6.85. The van der Waals surface area contributed by atoms with Crippen molar-refractivity contribution in [1.82, 2.24) is 5.32 Å². The zero-order valence-electron chi connectivity index (χ0n) is 11.4. The van der Waals surface area contributed by atoms with Gasteiger partial charge in [0.25, 0.3) is 0 Å². The summed E-state index contributed by atoms with van der Waals surface area (Å²) in [5, 5.41) is 12.9. The zero-order valence-corrected chi connectivity index (χ0v) is 11.4. The first-order valence-electron chi connectivity index (χ1n) is 6.85. The standard InChI is InChI=1S/C16H22N2/c1-13-3-5-15(6-4-13)11-18-16(12-17)9-7-14(2)8-10-16/h3-6,14,18H,7-11H2,1-2H3. The molecule has 1 aliphatic rings. The van der Waals surface area contributed by atoms with Crippen LogP contribution in [0.4, 0.5) is 0 Å². The minimum absolute atomic E-state index is 0.294. The third kappa shape index (κ3) is 3.11. The molecule has 0 atom stereocenters. The van der Waals surface area contributed by atoms with Crippen molar-refractivity contribution in [2.24, 2.45) is 5.92 Å². The third-order valence-electron chi connectivity index (χ3n) is 4.09. The minimum atomic E-state index is -0.294. The van der Waals surface area contributed by atoms with Crippen LogP contribution >= 0.6 is 0 Å². The fraction of sp³-hybridized carbons (Fsp3) is 0.562. The number of benzene rings is 1. The van der Waals surface area contributed by atoms with Gasteiger partial charge in [-0.1, -0.05) is 36.8 Å². The average Bonchev–Trinajstić information content (AvgIpc) is 2.41. The number of rotatable bonds is 3. The second-order valence-electron chi connectivity index (χ2n) is 5.72. The van der Waals surface area contributed by atoms with Gasteiger partial charge in [-0.2, -0.15) is 5.26 Å².